The van der Waals surface area contributed by atoms with Crippen LogP contribution in [0.5, 0.6) is 0 Å². The van der Waals surface area contributed by atoms with Gasteiger partial charge < -0.3 is 11.1 Å². The molecule has 0 bridgehead atoms. The van der Waals surface area contributed by atoms with Crippen LogP contribution in [0.4, 0.5) is 5.69 Å². The fourth-order valence-corrected chi connectivity index (χ4v) is 2.92. The van der Waals surface area contributed by atoms with Crippen molar-refractivity contribution in [2.75, 3.05) is 5.32 Å². The summed E-state index contributed by atoms with van der Waals surface area (Å²) in [5.41, 5.74) is 7.87. The van der Waals surface area contributed by atoms with Gasteiger partial charge in [0.1, 0.15) is 0 Å². The van der Waals surface area contributed by atoms with Crippen LogP contribution < -0.4 is 11.1 Å². The van der Waals surface area contributed by atoms with Crippen LogP contribution >= 0.6 is 34.2 Å². The van der Waals surface area contributed by atoms with Gasteiger partial charge in [-0.05, 0) is 59.2 Å². The van der Waals surface area contributed by atoms with Crippen molar-refractivity contribution in [1.82, 2.24) is 0 Å². The molecule has 5 heteroatoms. The number of anilines is 1. The number of hydrogen-bond acceptors (Lipinski definition) is 2. The Balaban J connectivity index is 1.90. The van der Waals surface area contributed by atoms with Crippen LogP contribution in [0.1, 0.15) is 12.0 Å². The summed E-state index contributed by atoms with van der Waals surface area (Å²) in [5, 5.41) is 3.49. The SMILES string of the molecule is NC(CCc1ccccc1)C(=O)Nc1ccc(Cl)cc1I. The van der Waals surface area contributed by atoms with Gasteiger partial charge in [0.15, 0.2) is 0 Å². The number of halogens is 2. The Hall–Kier alpha value is -1.11. The molecule has 21 heavy (non-hydrogen) atoms. The first-order valence-corrected chi connectivity index (χ1v) is 8.07. The van der Waals surface area contributed by atoms with E-state index in [1.807, 2.05) is 30.3 Å². The zero-order valence-electron chi connectivity index (χ0n) is 11.4. The van der Waals surface area contributed by atoms with E-state index in [4.69, 9.17) is 17.3 Å². The van der Waals surface area contributed by atoms with Crippen molar-refractivity contribution < 1.29 is 4.79 Å². The summed E-state index contributed by atoms with van der Waals surface area (Å²) in [6, 6.07) is 14.8. The summed E-state index contributed by atoms with van der Waals surface area (Å²) in [5.74, 6) is -0.175. The molecule has 0 radical (unpaired) electrons. The highest BCUT2D eigenvalue weighted by molar-refractivity contribution is 14.1. The van der Waals surface area contributed by atoms with Crippen LogP contribution in [-0.4, -0.2) is 11.9 Å². The minimum absolute atomic E-state index is 0.175. The zero-order valence-corrected chi connectivity index (χ0v) is 14.3. The van der Waals surface area contributed by atoms with Gasteiger partial charge in [-0.25, -0.2) is 0 Å². The van der Waals surface area contributed by atoms with Crippen molar-refractivity contribution in [2.45, 2.75) is 18.9 Å². The summed E-state index contributed by atoms with van der Waals surface area (Å²) in [6.07, 6.45) is 1.40. The van der Waals surface area contributed by atoms with Gasteiger partial charge >= 0.3 is 0 Å². The predicted octanol–water partition coefficient (Wildman–Crippen LogP) is 3.84. The lowest BCUT2D eigenvalue weighted by molar-refractivity contribution is -0.117. The van der Waals surface area contributed by atoms with E-state index in [-0.39, 0.29) is 5.91 Å². The molecule has 1 amide bonds. The maximum atomic E-state index is 12.1. The van der Waals surface area contributed by atoms with Crippen molar-refractivity contribution in [3.63, 3.8) is 0 Å². The van der Waals surface area contributed by atoms with Gasteiger partial charge in [0.2, 0.25) is 5.91 Å². The molecular formula is C16H16ClIN2O. The van der Waals surface area contributed by atoms with E-state index in [0.29, 0.717) is 11.4 Å². The summed E-state index contributed by atoms with van der Waals surface area (Å²) >= 11 is 8.02. The molecule has 0 aliphatic heterocycles. The highest BCUT2D eigenvalue weighted by atomic mass is 127. The van der Waals surface area contributed by atoms with Crippen LogP contribution in [0.25, 0.3) is 0 Å². The predicted molar refractivity (Wildman–Crippen MR) is 95.5 cm³/mol. The summed E-state index contributed by atoms with van der Waals surface area (Å²) in [7, 11) is 0. The molecule has 0 aromatic heterocycles. The second kappa shape index (κ2) is 7.77. The van der Waals surface area contributed by atoms with Gasteiger partial charge in [0.05, 0.1) is 11.7 Å². The normalized spacial score (nSPS) is 12.0. The lowest BCUT2D eigenvalue weighted by Crippen LogP contribution is -2.36. The van der Waals surface area contributed by atoms with Crippen molar-refractivity contribution >= 4 is 45.8 Å². The Morgan fingerprint density at radius 2 is 1.95 bits per heavy atom. The third-order valence-corrected chi connectivity index (χ3v) is 4.24. The topological polar surface area (TPSA) is 55.1 Å². The Kier molecular flexibility index (Phi) is 6.02. The average molecular weight is 415 g/mol. The number of benzene rings is 2. The minimum atomic E-state index is -0.531. The van der Waals surface area contributed by atoms with Gasteiger partial charge in [-0.2, -0.15) is 0 Å². The number of hydrogen-bond donors (Lipinski definition) is 2. The number of nitrogens with one attached hydrogen (secondary N) is 1. The number of carbonyl (C=O) groups excluding carboxylic acids is 1. The van der Waals surface area contributed by atoms with E-state index >= 15 is 0 Å². The quantitative estimate of drug-likeness (QED) is 0.730. The van der Waals surface area contributed by atoms with Crippen LogP contribution in [0.3, 0.4) is 0 Å². The highest BCUT2D eigenvalue weighted by Gasteiger charge is 2.14. The molecular weight excluding hydrogens is 399 g/mol. The molecule has 0 saturated heterocycles. The van der Waals surface area contributed by atoms with Crippen LogP contribution in [0.15, 0.2) is 48.5 Å². The maximum absolute atomic E-state index is 12.1. The monoisotopic (exact) mass is 414 g/mol. The average Bonchev–Trinajstić information content (AvgIpc) is 2.48. The van der Waals surface area contributed by atoms with Gasteiger partial charge in [-0.15, -0.1) is 0 Å². The summed E-state index contributed by atoms with van der Waals surface area (Å²) in [4.78, 5) is 12.1. The Morgan fingerprint density at radius 1 is 1.24 bits per heavy atom. The molecule has 0 saturated carbocycles. The second-order valence-corrected chi connectivity index (χ2v) is 6.34. The molecule has 2 aromatic carbocycles. The minimum Gasteiger partial charge on any atom is -0.324 e. The molecule has 110 valence electrons. The van der Waals surface area contributed by atoms with Gasteiger partial charge in [0.25, 0.3) is 0 Å². The molecule has 0 aliphatic carbocycles. The highest BCUT2D eigenvalue weighted by Crippen LogP contribution is 2.22. The van der Waals surface area contributed by atoms with Crippen molar-refractivity contribution in [3.8, 4) is 0 Å². The fraction of sp³-hybridized carbons (Fsp3) is 0.188. The van der Waals surface area contributed by atoms with Crippen LogP contribution in [0, 0.1) is 3.57 Å². The van der Waals surface area contributed by atoms with E-state index in [9.17, 15) is 4.79 Å². The molecule has 1 atom stereocenters. The van der Waals surface area contributed by atoms with E-state index in [2.05, 4.69) is 27.9 Å². The molecule has 3 nitrogen and oxygen atoms in total. The molecule has 1 unspecified atom stereocenters. The smallest absolute Gasteiger partial charge is 0.241 e. The van der Waals surface area contributed by atoms with Crippen molar-refractivity contribution in [3.05, 3.63) is 62.7 Å². The first kappa shape index (κ1) is 16.3. The molecule has 0 spiro atoms. The summed E-state index contributed by atoms with van der Waals surface area (Å²) < 4.78 is 0.892. The number of carbonyl (C=O) groups is 1. The molecule has 3 N–H and O–H groups in total. The Bertz CT molecular complexity index is 619. The molecule has 0 aliphatic rings. The maximum Gasteiger partial charge on any atom is 0.241 e. The van der Waals surface area contributed by atoms with Gasteiger partial charge in [-0.3, -0.25) is 4.79 Å². The lowest BCUT2D eigenvalue weighted by atomic mass is 10.1. The zero-order chi connectivity index (χ0) is 15.2. The molecule has 0 heterocycles. The number of rotatable bonds is 5. The van der Waals surface area contributed by atoms with Crippen molar-refractivity contribution in [1.29, 1.82) is 0 Å². The third-order valence-electron chi connectivity index (χ3n) is 3.11. The third kappa shape index (κ3) is 4.98. The van der Waals surface area contributed by atoms with E-state index in [1.165, 1.54) is 5.56 Å². The largest absolute Gasteiger partial charge is 0.324 e. The molecule has 0 fully saturated rings. The first-order valence-electron chi connectivity index (χ1n) is 6.61. The van der Waals surface area contributed by atoms with Gasteiger partial charge in [0, 0.05) is 8.59 Å². The van der Waals surface area contributed by atoms with Crippen LogP contribution in [0.2, 0.25) is 5.02 Å². The number of amides is 1. The van der Waals surface area contributed by atoms with E-state index < -0.39 is 6.04 Å². The van der Waals surface area contributed by atoms with Crippen LogP contribution in [-0.2, 0) is 11.2 Å². The first-order chi connectivity index (χ1) is 10.1. The summed E-state index contributed by atoms with van der Waals surface area (Å²) in [6.45, 7) is 0. The molecule has 2 rings (SSSR count). The lowest BCUT2D eigenvalue weighted by Gasteiger charge is -2.13. The number of aryl methyl sites for hydroxylation is 1. The number of nitrogens with two attached hydrogens (primary N) is 1. The molecule has 2 aromatic rings. The second-order valence-electron chi connectivity index (χ2n) is 4.74. The Morgan fingerprint density at radius 3 is 2.62 bits per heavy atom. The fourth-order valence-electron chi connectivity index (χ4n) is 1.91. The van der Waals surface area contributed by atoms with Crippen molar-refractivity contribution in [2.24, 2.45) is 5.73 Å². The van der Waals surface area contributed by atoms with E-state index in [0.717, 1.165) is 15.7 Å². The Labute approximate surface area is 143 Å². The standard InChI is InChI=1S/C16H16ClIN2O/c17-12-7-9-15(13(18)10-12)20-16(21)14(19)8-6-11-4-2-1-3-5-11/h1-5,7,9-10,14H,6,8,19H2,(H,20,21). The van der Waals surface area contributed by atoms with E-state index in [1.54, 1.807) is 18.2 Å². The van der Waals surface area contributed by atoms with Gasteiger partial charge in [-0.1, -0.05) is 41.9 Å².